The molecule has 0 radical (unpaired) electrons. The number of pyridine rings is 1. The molecule has 8 heteroatoms. The van der Waals surface area contributed by atoms with E-state index in [-0.39, 0.29) is 17.2 Å². The minimum absolute atomic E-state index is 0.140. The van der Waals surface area contributed by atoms with E-state index >= 15 is 0 Å². The highest BCUT2D eigenvalue weighted by Crippen LogP contribution is 2.30. The molecule has 0 fully saturated rings. The molecule has 0 aliphatic rings. The maximum absolute atomic E-state index is 12.1. The van der Waals surface area contributed by atoms with Gasteiger partial charge >= 0.3 is 11.9 Å². The number of carbonyl (C=O) groups is 3. The summed E-state index contributed by atoms with van der Waals surface area (Å²) in [5.74, 6) is -2.95. The van der Waals surface area contributed by atoms with Gasteiger partial charge < -0.3 is 19.9 Å². The summed E-state index contributed by atoms with van der Waals surface area (Å²) in [4.78, 5) is 38.5. The number of carboxylic acids is 1. The topological polar surface area (TPSA) is 115 Å². The molecule has 1 amide bonds. The van der Waals surface area contributed by atoms with Crippen LogP contribution in [0.15, 0.2) is 12.3 Å². The molecule has 1 rings (SSSR count). The van der Waals surface area contributed by atoms with Gasteiger partial charge in [-0.25, -0.2) is 4.98 Å². The molecule has 1 aromatic heterocycles. The van der Waals surface area contributed by atoms with Crippen LogP contribution in [0, 0.1) is 5.92 Å². The van der Waals surface area contributed by atoms with Crippen LogP contribution < -0.4 is 14.8 Å². The number of nitrogens with one attached hydrogen (secondary N) is 1. The van der Waals surface area contributed by atoms with Crippen molar-refractivity contribution < 1.29 is 29.0 Å². The van der Waals surface area contributed by atoms with Crippen molar-refractivity contribution in [3.63, 3.8) is 0 Å². The third-order valence-electron chi connectivity index (χ3n) is 2.70. The summed E-state index contributed by atoms with van der Waals surface area (Å²) in [5, 5.41) is 11.1. The van der Waals surface area contributed by atoms with Gasteiger partial charge in [-0.1, -0.05) is 13.8 Å². The Morgan fingerprint density at radius 3 is 2.41 bits per heavy atom. The second-order valence-corrected chi connectivity index (χ2v) is 4.80. The zero-order chi connectivity index (χ0) is 16.9. The van der Waals surface area contributed by atoms with E-state index in [1.807, 2.05) is 0 Å². The zero-order valence-corrected chi connectivity index (χ0v) is 12.7. The molecule has 120 valence electrons. The lowest BCUT2D eigenvalue weighted by Crippen LogP contribution is -2.39. The first-order chi connectivity index (χ1) is 10.3. The number of rotatable bonds is 6. The van der Waals surface area contributed by atoms with Gasteiger partial charge in [0, 0.05) is 12.3 Å². The van der Waals surface area contributed by atoms with Crippen LogP contribution in [0.4, 0.5) is 0 Å². The average Bonchev–Trinajstić information content (AvgIpc) is 2.46. The maximum Gasteiger partial charge on any atom is 0.325 e. The number of nitrogens with zero attached hydrogens (tertiary/aromatic N) is 1. The van der Waals surface area contributed by atoms with Gasteiger partial charge in [-0.3, -0.25) is 14.4 Å². The Bertz CT molecular complexity index is 585. The molecule has 8 nitrogen and oxygen atoms in total. The fraction of sp³-hybridized carbons (Fsp3) is 0.429. The molecule has 1 aromatic rings. The molecule has 2 N–H and O–H groups in total. The van der Waals surface area contributed by atoms with E-state index in [0.717, 1.165) is 0 Å². The number of ether oxygens (including phenoxy) is 2. The van der Waals surface area contributed by atoms with Crippen molar-refractivity contribution in [2.45, 2.75) is 26.8 Å². The monoisotopic (exact) mass is 310 g/mol. The Kier molecular flexibility index (Phi) is 5.85. The summed E-state index contributed by atoms with van der Waals surface area (Å²) < 4.78 is 10.2. The summed E-state index contributed by atoms with van der Waals surface area (Å²) in [6.07, 6.45) is 1.30. The Morgan fingerprint density at radius 1 is 1.27 bits per heavy atom. The minimum atomic E-state index is -1.20. The highest BCUT2D eigenvalue weighted by atomic mass is 16.6. The second kappa shape index (κ2) is 7.39. The van der Waals surface area contributed by atoms with Gasteiger partial charge in [0.05, 0.1) is 13.0 Å². The molecule has 0 aromatic carbocycles. The van der Waals surface area contributed by atoms with Gasteiger partial charge in [-0.15, -0.1) is 0 Å². The fourth-order valence-electron chi connectivity index (χ4n) is 1.40. The first kappa shape index (κ1) is 17.4. The smallest absolute Gasteiger partial charge is 0.325 e. The Morgan fingerprint density at radius 2 is 1.91 bits per heavy atom. The van der Waals surface area contributed by atoms with Gasteiger partial charge in [0.25, 0.3) is 5.91 Å². The van der Waals surface area contributed by atoms with Crippen LogP contribution in [0.1, 0.15) is 31.3 Å². The maximum atomic E-state index is 12.1. The van der Waals surface area contributed by atoms with Gasteiger partial charge in [0.1, 0.15) is 6.04 Å². The number of methoxy groups -OCH3 is 1. The number of carbonyl (C=O) groups excluding carboxylic acids is 2. The van der Waals surface area contributed by atoms with Crippen LogP contribution in [-0.2, 0) is 9.59 Å². The van der Waals surface area contributed by atoms with Crippen LogP contribution in [0.3, 0.4) is 0 Å². The molecule has 0 unspecified atom stereocenters. The van der Waals surface area contributed by atoms with Crippen molar-refractivity contribution >= 4 is 17.8 Å². The standard InChI is InChI=1S/C14H18N2O6/c1-7(2)14(20)22-11-9(21-4)5-6-15-10(11)12(17)16-8(3)13(18)19/h5-8H,1-4H3,(H,16,17)(H,18,19)/t8-/m0/s1. The van der Waals surface area contributed by atoms with Crippen LogP contribution in [-0.4, -0.2) is 41.1 Å². The second-order valence-electron chi connectivity index (χ2n) is 4.80. The van der Waals surface area contributed by atoms with Gasteiger partial charge in [0.15, 0.2) is 11.4 Å². The summed E-state index contributed by atoms with van der Waals surface area (Å²) in [6, 6.07) is 0.314. The molecular formula is C14H18N2O6. The van der Waals surface area contributed by atoms with Crippen LogP contribution >= 0.6 is 0 Å². The Labute approximate surface area is 127 Å². The Balaban J connectivity index is 3.15. The van der Waals surface area contributed by atoms with Crippen molar-refractivity contribution in [3.8, 4) is 11.5 Å². The molecular weight excluding hydrogens is 292 g/mol. The van der Waals surface area contributed by atoms with Crippen molar-refractivity contribution in [3.05, 3.63) is 18.0 Å². The summed E-state index contributed by atoms with van der Waals surface area (Å²) in [5.41, 5.74) is -0.221. The van der Waals surface area contributed by atoms with Crippen LogP contribution in [0.25, 0.3) is 0 Å². The van der Waals surface area contributed by atoms with E-state index < -0.39 is 29.8 Å². The minimum Gasteiger partial charge on any atom is -0.493 e. The number of aliphatic carboxylic acids is 1. The fourth-order valence-corrected chi connectivity index (χ4v) is 1.40. The summed E-state index contributed by atoms with van der Waals surface area (Å²) in [6.45, 7) is 4.58. The van der Waals surface area contributed by atoms with E-state index in [9.17, 15) is 14.4 Å². The lowest BCUT2D eigenvalue weighted by atomic mass is 10.2. The van der Waals surface area contributed by atoms with E-state index in [0.29, 0.717) is 0 Å². The Hall–Kier alpha value is -2.64. The van der Waals surface area contributed by atoms with Crippen LogP contribution in [0.2, 0.25) is 0 Å². The predicted octanol–water partition coefficient (Wildman–Crippen LogP) is 0.854. The third-order valence-corrected chi connectivity index (χ3v) is 2.70. The van der Waals surface area contributed by atoms with Crippen LogP contribution in [0.5, 0.6) is 11.5 Å². The zero-order valence-electron chi connectivity index (χ0n) is 12.7. The summed E-state index contributed by atoms with van der Waals surface area (Å²) >= 11 is 0. The van der Waals surface area contributed by atoms with Gasteiger partial charge in [-0.05, 0) is 6.92 Å². The van der Waals surface area contributed by atoms with Gasteiger partial charge in [0.2, 0.25) is 5.75 Å². The largest absolute Gasteiger partial charge is 0.493 e. The molecule has 22 heavy (non-hydrogen) atoms. The van der Waals surface area contributed by atoms with E-state index in [1.165, 1.54) is 26.3 Å². The molecule has 0 spiro atoms. The number of carboxylic acid groups (broad SMARTS) is 1. The number of aromatic nitrogens is 1. The van der Waals surface area contributed by atoms with E-state index in [2.05, 4.69) is 10.3 Å². The SMILES string of the molecule is COc1ccnc(C(=O)N[C@@H](C)C(=O)O)c1OC(=O)C(C)C. The van der Waals surface area contributed by atoms with E-state index in [4.69, 9.17) is 14.6 Å². The molecule has 0 aliphatic carbocycles. The first-order valence-electron chi connectivity index (χ1n) is 6.56. The summed E-state index contributed by atoms with van der Waals surface area (Å²) in [7, 11) is 1.35. The van der Waals surface area contributed by atoms with Crippen molar-refractivity contribution in [1.29, 1.82) is 0 Å². The van der Waals surface area contributed by atoms with Crippen molar-refractivity contribution in [1.82, 2.24) is 10.3 Å². The van der Waals surface area contributed by atoms with Crippen molar-refractivity contribution in [2.24, 2.45) is 5.92 Å². The lowest BCUT2D eigenvalue weighted by Gasteiger charge is -2.15. The lowest BCUT2D eigenvalue weighted by molar-refractivity contribution is -0.139. The van der Waals surface area contributed by atoms with Crippen molar-refractivity contribution in [2.75, 3.05) is 7.11 Å². The van der Waals surface area contributed by atoms with Gasteiger partial charge in [-0.2, -0.15) is 0 Å². The number of esters is 1. The highest BCUT2D eigenvalue weighted by molar-refractivity contribution is 5.98. The molecule has 1 heterocycles. The quantitative estimate of drug-likeness (QED) is 0.748. The highest BCUT2D eigenvalue weighted by Gasteiger charge is 2.25. The number of hydrogen-bond donors (Lipinski definition) is 2. The third kappa shape index (κ3) is 4.18. The average molecular weight is 310 g/mol. The number of hydrogen-bond acceptors (Lipinski definition) is 6. The predicted molar refractivity (Wildman–Crippen MR) is 75.8 cm³/mol. The molecule has 1 atom stereocenters. The normalized spacial score (nSPS) is 11.7. The first-order valence-corrected chi connectivity index (χ1v) is 6.56. The van der Waals surface area contributed by atoms with E-state index in [1.54, 1.807) is 13.8 Å². The molecule has 0 saturated heterocycles. The molecule has 0 saturated carbocycles. The molecule has 0 aliphatic heterocycles. The number of amides is 1. The molecule has 0 bridgehead atoms.